The van der Waals surface area contributed by atoms with Gasteiger partial charge in [-0.25, -0.2) is 0 Å². The number of hydrogen-bond donors (Lipinski definition) is 2. The summed E-state index contributed by atoms with van der Waals surface area (Å²) in [6.45, 7) is 0. The molecule has 0 saturated heterocycles. The zero-order valence-electron chi connectivity index (χ0n) is 23.2. The topological polar surface area (TPSA) is 57.4 Å². The van der Waals surface area contributed by atoms with Crippen molar-refractivity contribution in [1.29, 1.82) is 0 Å². The van der Waals surface area contributed by atoms with Crippen molar-refractivity contribution in [3.8, 4) is 22.3 Å². The summed E-state index contributed by atoms with van der Waals surface area (Å²) in [6, 6.07) is 42.4. The summed E-state index contributed by atoms with van der Waals surface area (Å²) in [6.07, 6.45) is 8.59. The second-order valence-corrected chi connectivity index (χ2v) is 12.7. The normalized spacial score (nSPS) is 12.1. The van der Waals surface area contributed by atoms with Crippen molar-refractivity contribution in [3.63, 3.8) is 0 Å². The van der Waals surface area contributed by atoms with Gasteiger partial charge in [0.25, 0.3) is 0 Å². The molecule has 0 saturated carbocycles. The molecule has 2 aliphatic heterocycles. The van der Waals surface area contributed by atoms with Gasteiger partial charge in [0.05, 0.1) is 0 Å². The van der Waals surface area contributed by atoms with E-state index in [-0.39, 0.29) is 15.0 Å². The van der Waals surface area contributed by atoms with Gasteiger partial charge in [0.1, 0.15) is 0 Å². The van der Waals surface area contributed by atoms with E-state index in [1.807, 2.05) is 12.1 Å². The molecule has 3 aromatic heterocycles. The van der Waals surface area contributed by atoms with E-state index in [4.69, 9.17) is 9.97 Å². The van der Waals surface area contributed by atoms with Crippen LogP contribution in [-0.4, -0.2) is 34.9 Å². The minimum atomic E-state index is -0.00206. The van der Waals surface area contributed by atoms with E-state index in [0.29, 0.717) is 0 Å². The van der Waals surface area contributed by atoms with Gasteiger partial charge in [-0.15, -0.1) is 0 Å². The van der Waals surface area contributed by atoms with Crippen LogP contribution in [0.4, 0.5) is 0 Å². The van der Waals surface area contributed by atoms with Gasteiger partial charge in [-0.3, -0.25) is 0 Å². The third-order valence-corrected chi connectivity index (χ3v) is 9.98. The number of nitrogens with zero attached hydrogens (tertiary/aromatic N) is 2. The number of fused-ring (bicyclic) bond motifs is 8. The molecule has 0 spiro atoms. The third-order valence-electron chi connectivity index (χ3n) is 7.61. The summed E-state index contributed by atoms with van der Waals surface area (Å²) in [5.41, 5.74) is 12.3. The van der Waals surface area contributed by atoms with Gasteiger partial charge in [0.15, 0.2) is 0 Å². The average Bonchev–Trinajstić information content (AvgIpc) is 3.88. The number of aromatic amines is 2. The van der Waals surface area contributed by atoms with E-state index in [2.05, 4.69) is 143 Å². The van der Waals surface area contributed by atoms with Crippen molar-refractivity contribution < 1.29 is 0 Å². The van der Waals surface area contributed by atoms with Gasteiger partial charge in [0, 0.05) is 0 Å². The predicted molar refractivity (Wildman–Crippen MR) is 181 cm³/mol. The van der Waals surface area contributed by atoms with Crippen molar-refractivity contribution >= 4 is 70.3 Å². The molecule has 0 radical (unpaired) electrons. The number of benzene rings is 3. The summed E-state index contributed by atoms with van der Waals surface area (Å²) < 4.78 is 2.45. The fourth-order valence-electron chi connectivity index (χ4n) is 5.64. The van der Waals surface area contributed by atoms with Crippen LogP contribution in [0.3, 0.4) is 0 Å². The van der Waals surface area contributed by atoms with Crippen molar-refractivity contribution in [3.05, 3.63) is 144 Å². The molecule has 8 rings (SSSR count). The average molecular weight is 618 g/mol. The number of aromatic nitrogens is 4. The Morgan fingerprint density at radius 1 is 0.442 bits per heavy atom. The van der Waals surface area contributed by atoms with Crippen LogP contribution in [0.2, 0.25) is 0 Å². The molecule has 8 bridgehead atoms. The maximum absolute atomic E-state index is 5.29. The summed E-state index contributed by atoms with van der Waals surface area (Å²) in [5, 5.41) is 0. The zero-order chi connectivity index (χ0) is 28.6. The van der Waals surface area contributed by atoms with E-state index < -0.39 is 0 Å². The molecule has 3 aromatic carbocycles. The van der Waals surface area contributed by atoms with E-state index >= 15 is 0 Å². The fraction of sp³-hybridized carbons (Fsp3) is 0. The molecular formula is C38H26N4Se. The number of hydrogen-bond acceptors (Lipinski definition) is 2. The van der Waals surface area contributed by atoms with Crippen LogP contribution >= 0.6 is 0 Å². The van der Waals surface area contributed by atoms with Gasteiger partial charge in [-0.05, 0) is 0 Å². The van der Waals surface area contributed by atoms with Crippen LogP contribution in [0, 0.1) is 0 Å². The fourth-order valence-corrected chi connectivity index (χ4v) is 7.67. The Balaban J connectivity index is 1.50. The Morgan fingerprint density at radius 3 is 1.37 bits per heavy atom. The third kappa shape index (κ3) is 4.95. The van der Waals surface area contributed by atoms with E-state index in [9.17, 15) is 0 Å². The summed E-state index contributed by atoms with van der Waals surface area (Å²) in [4.78, 5) is 17.9. The zero-order valence-corrected chi connectivity index (χ0v) is 24.9. The molecule has 0 atom stereocenters. The molecule has 0 amide bonds. The molecule has 5 heterocycles. The van der Waals surface area contributed by atoms with Gasteiger partial charge in [0.2, 0.25) is 0 Å². The Morgan fingerprint density at radius 2 is 0.884 bits per heavy atom. The van der Waals surface area contributed by atoms with Crippen molar-refractivity contribution in [1.82, 2.24) is 19.9 Å². The molecule has 43 heavy (non-hydrogen) atoms. The number of rotatable bonds is 4. The van der Waals surface area contributed by atoms with Crippen molar-refractivity contribution in [2.45, 2.75) is 0 Å². The molecule has 0 aliphatic carbocycles. The minimum absolute atomic E-state index is 0.00206. The second-order valence-electron chi connectivity index (χ2n) is 10.5. The van der Waals surface area contributed by atoms with Gasteiger partial charge < -0.3 is 0 Å². The first kappa shape index (κ1) is 25.5. The van der Waals surface area contributed by atoms with Crippen LogP contribution in [0.5, 0.6) is 0 Å². The van der Waals surface area contributed by atoms with Crippen LogP contribution in [0.15, 0.2) is 121 Å². The first-order valence-corrected chi connectivity index (χ1v) is 16.0. The van der Waals surface area contributed by atoms with Crippen LogP contribution in [0.25, 0.3) is 68.6 Å². The molecular weight excluding hydrogens is 591 g/mol. The van der Waals surface area contributed by atoms with E-state index in [0.717, 1.165) is 71.6 Å². The van der Waals surface area contributed by atoms with E-state index in [1.54, 1.807) is 0 Å². The molecule has 0 fully saturated rings. The first-order valence-electron chi connectivity index (χ1n) is 14.3. The molecule has 204 valence electrons. The Hall–Kier alpha value is -5.22. The molecule has 6 aromatic rings. The Labute approximate surface area is 255 Å². The predicted octanol–water partition coefficient (Wildman–Crippen LogP) is 7.64. The Bertz CT molecular complexity index is 2060. The summed E-state index contributed by atoms with van der Waals surface area (Å²) >= 11 is -0.00206. The SMILES string of the molecule is C1=Cc2nc1c([Se]c1ccccc1)c1nc(c(-c3ccccc3)c3ccc(cc4ccc([nH]4)c2-c2ccccc2)[nH]3)C=C1. The van der Waals surface area contributed by atoms with Crippen LogP contribution in [-0.2, 0) is 0 Å². The van der Waals surface area contributed by atoms with Crippen LogP contribution < -0.4 is 8.92 Å². The molecule has 5 heteroatoms. The number of H-pyrrole nitrogens is 2. The quantitative estimate of drug-likeness (QED) is 0.200. The van der Waals surface area contributed by atoms with Gasteiger partial charge >= 0.3 is 257 Å². The monoisotopic (exact) mass is 618 g/mol. The Kier molecular flexibility index (Phi) is 6.45. The summed E-state index contributed by atoms with van der Waals surface area (Å²) in [5.74, 6) is 0. The first-order chi connectivity index (χ1) is 21.3. The summed E-state index contributed by atoms with van der Waals surface area (Å²) in [7, 11) is 0. The standard InChI is InChI=1S/C38H26N4Se/c1-4-10-25(11-5-1)36-30-18-16-27(39-30)24-28-17-19-31(40-28)37(26-12-6-2-7-13-26)33-21-23-35(42-33)38(34-22-20-32(36)41-34)43-29-14-8-3-9-15-29/h1-24,39-40H. The number of nitrogens with one attached hydrogen (secondary N) is 2. The van der Waals surface area contributed by atoms with Gasteiger partial charge in [-0.2, -0.15) is 0 Å². The molecule has 0 unspecified atom stereocenters. The van der Waals surface area contributed by atoms with Crippen LogP contribution in [0.1, 0.15) is 22.8 Å². The molecule has 2 aliphatic rings. The molecule has 4 nitrogen and oxygen atoms in total. The van der Waals surface area contributed by atoms with Crippen molar-refractivity contribution in [2.75, 3.05) is 0 Å². The van der Waals surface area contributed by atoms with Gasteiger partial charge in [-0.1, -0.05) is 0 Å². The van der Waals surface area contributed by atoms with Crippen molar-refractivity contribution in [2.24, 2.45) is 0 Å². The maximum atomic E-state index is 5.29. The molecule has 2 N–H and O–H groups in total. The van der Waals surface area contributed by atoms with E-state index in [1.165, 1.54) is 4.46 Å². The second kappa shape index (κ2) is 10.9.